The number of halogens is 1. The molecule has 0 spiro atoms. The second-order valence-corrected chi connectivity index (χ2v) is 5.21. The lowest BCUT2D eigenvalue weighted by Crippen LogP contribution is -2.40. The molecule has 2 atom stereocenters. The van der Waals surface area contributed by atoms with Gasteiger partial charge in [0.05, 0.1) is 5.92 Å². The first-order valence-corrected chi connectivity index (χ1v) is 7.30. The van der Waals surface area contributed by atoms with Gasteiger partial charge in [0, 0.05) is 11.4 Å². The van der Waals surface area contributed by atoms with E-state index in [2.05, 4.69) is 0 Å². The van der Waals surface area contributed by atoms with Crippen LogP contribution >= 0.6 is 11.6 Å². The molecule has 3 N–H and O–H groups in total. The van der Waals surface area contributed by atoms with Gasteiger partial charge in [-0.15, -0.1) is 11.6 Å². The molecule has 0 fully saturated rings. The first-order chi connectivity index (χ1) is 10.5. The molecule has 0 amide bonds. The third-order valence-electron chi connectivity index (χ3n) is 3.48. The summed E-state index contributed by atoms with van der Waals surface area (Å²) >= 11 is 5.73. The van der Waals surface area contributed by atoms with E-state index in [1.165, 1.54) is 0 Å². The Labute approximate surface area is 133 Å². The monoisotopic (exact) mass is 317 g/mol. The Balaban J connectivity index is 2.39. The summed E-state index contributed by atoms with van der Waals surface area (Å²) in [5.41, 5.74) is 7.63. The summed E-state index contributed by atoms with van der Waals surface area (Å²) in [4.78, 5) is 24.0. The van der Waals surface area contributed by atoms with Crippen LogP contribution in [0, 0.1) is 0 Å². The molecule has 4 nitrogen and oxygen atoms in total. The van der Waals surface area contributed by atoms with Gasteiger partial charge in [0.25, 0.3) is 0 Å². The molecular weight excluding hydrogens is 302 g/mol. The molecule has 2 rings (SSSR count). The average Bonchev–Trinajstić information content (AvgIpc) is 2.56. The fraction of sp³-hybridized carbons (Fsp3) is 0.176. The van der Waals surface area contributed by atoms with Gasteiger partial charge < -0.3 is 10.8 Å². The van der Waals surface area contributed by atoms with Crippen LogP contribution in [0.25, 0.3) is 0 Å². The Hall–Kier alpha value is -2.17. The smallest absolute Gasteiger partial charge is 0.321 e. The van der Waals surface area contributed by atoms with E-state index in [9.17, 15) is 14.7 Å². The molecule has 2 unspecified atom stereocenters. The van der Waals surface area contributed by atoms with Gasteiger partial charge >= 0.3 is 5.97 Å². The van der Waals surface area contributed by atoms with E-state index in [1.807, 2.05) is 0 Å². The summed E-state index contributed by atoms with van der Waals surface area (Å²) in [7, 11) is 0. The quantitative estimate of drug-likeness (QED) is 0.634. The Morgan fingerprint density at radius 3 is 2.14 bits per heavy atom. The van der Waals surface area contributed by atoms with Crippen LogP contribution in [0.15, 0.2) is 54.6 Å². The zero-order chi connectivity index (χ0) is 16.1. The van der Waals surface area contributed by atoms with E-state index < -0.39 is 17.9 Å². The molecule has 5 heteroatoms. The summed E-state index contributed by atoms with van der Waals surface area (Å²) < 4.78 is 0. The van der Waals surface area contributed by atoms with Crippen molar-refractivity contribution in [3.63, 3.8) is 0 Å². The second kappa shape index (κ2) is 7.20. The van der Waals surface area contributed by atoms with Crippen molar-refractivity contribution in [3.05, 3.63) is 71.3 Å². The molecule has 0 bridgehead atoms. The molecule has 0 aliphatic heterocycles. The van der Waals surface area contributed by atoms with E-state index in [0.717, 1.165) is 5.56 Å². The van der Waals surface area contributed by atoms with Gasteiger partial charge in [-0.1, -0.05) is 54.6 Å². The van der Waals surface area contributed by atoms with Gasteiger partial charge in [0.15, 0.2) is 5.78 Å². The molecule has 0 saturated carbocycles. The topological polar surface area (TPSA) is 80.4 Å². The summed E-state index contributed by atoms with van der Waals surface area (Å²) in [6.45, 7) is 0. The first-order valence-electron chi connectivity index (χ1n) is 6.77. The maximum absolute atomic E-state index is 12.7. The summed E-state index contributed by atoms with van der Waals surface area (Å²) in [6, 6.07) is 14.2. The number of carboxylic acids is 1. The Bertz CT molecular complexity index is 655. The lowest BCUT2D eigenvalue weighted by atomic mass is 9.85. The normalized spacial score (nSPS) is 13.4. The number of benzene rings is 2. The van der Waals surface area contributed by atoms with Crippen molar-refractivity contribution in [1.29, 1.82) is 0 Å². The van der Waals surface area contributed by atoms with Crippen LogP contribution in [0.1, 0.15) is 27.4 Å². The van der Waals surface area contributed by atoms with E-state index in [-0.39, 0.29) is 5.78 Å². The number of nitrogens with two attached hydrogens (primary N) is 1. The van der Waals surface area contributed by atoms with Crippen LogP contribution in [-0.2, 0) is 10.7 Å². The van der Waals surface area contributed by atoms with Crippen molar-refractivity contribution < 1.29 is 14.7 Å². The Morgan fingerprint density at radius 2 is 1.64 bits per heavy atom. The highest BCUT2D eigenvalue weighted by Gasteiger charge is 2.32. The van der Waals surface area contributed by atoms with E-state index >= 15 is 0 Å². The van der Waals surface area contributed by atoms with Crippen molar-refractivity contribution >= 4 is 23.4 Å². The van der Waals surface area contributed by atoms with Gasteiger partial charge in [-0.25, -0.2) is 0 Å². The van der Waals surface area contributed by atoms with Crippen molar-refractivity contribution in [1.82, 2.24) is 0 Å². The molecule has 114 valence electrons. The van der Waals surface area contributed by atoms with Crippen LogP contribution in [0.5, 0.6) is 0 Å². The van der Waals surface area contributed by atoms with Gasteiger partial charge in [0.1, 0.15) is 6.04 Å². The summed E-state index contributed by atoms with van der Waals surface area (Å²) in [5.74, 6) is -2.10. The molecule has 22 heavy (non-hydrogen) atoms. The fourth-order valence-electron chi connectivity index (χ4n) is 2.26. The summed E-state index contributed by atoms with van der Waals surface area (Å²) in [5, 5.41) is 9.20. The predicted molar refractivity (Wildman–Crippen MR) is 85.1 cm³/mol. The third kappa shape index (κ3) is 3.53. The minimum absolute atomic E-state index is 0.317. The number of hydrogen-bond donors (Lipinski definition) is 2. The summed E-state index contributed by atoms with van der Waals surface area (Å²) in [6.07, 6.45) is 0. The second-order valence-electron chi connectivity index (χ2n) is 4.95. The van der Waals surface area contributed by atoms with Crippen LogP contribution < -0.4 is 5.73 Å². The standard InChI is InChI=1S/C17H16ClNO3/c18-10-11-6-8-13(9-7-11)16(20)14(15(19)17(21)22)12-4-2-1-3-5-12/h1-9,14-15H,10,19H2,(H,21,22). The third-order valence-corrected chi connectivity index (χ3v) is 3.79. The van der Waals surface area contributed by atoms with Crippen LogP contribution in [0.4, 0.5) is 0 Å². The molecule has 2 aromatic rings. The lowest BCUT2D eigenvalue weighted by Gasteiger charge is -2.20. The van der Waals surface area contributed by atoms with Gasteiger partial charge in [-0.2, -0.15) is 0 Å². The molecule has 0 heterocycles. The maximum atomic E-state index is 12.7. The van der Waals surface area contributed by atoms with Gasteiger partial charge in [-0.3, -0.25) is 9.59 Å². The minimum Gasteiger partial charge on any atom is -0.480 e. The number of ketones is 1. The van der Waals surface area contributed by atoms with Crippen molar-refractivity contribution in [2.45, 2.75) is 17.8 Å². The highest BCUT2D eigenvalue weighted by molar-refractivity contribution is 6.17. The molecule has 2 aromatic carbocycles. The maximum Gasteiger partial charge on any atom is 0.321 e. The minimum atomic E-state index is -1.30. The molecular formula is C17H16ClNO3. The highest BCUT2D eigenvalue weighted by atomic mass is 35.5. The zero-order valence-electron chi connectivity index (χ0n) is 11.8. The van der Waals surface area contributed by atoms with Crippen molar-refractivity contribution in [2.24, 2.45) is 5.73 Å². The molecule has 0 saturated heterocycles. The van der Waals surface area contributed by atoms with Crippen molar-refractivity contribution in [2.75, 3.05) is 0 Å². The van der Waals surface area contributed by atoms with E-state index in [4.69, 9.17) is 17.3 Å². The molecule has 0 aliphatic rings. The SMILES string of the molecule is NC(C(=O)O)C(C(=O)c1ccc(CCl)cc1)c1ccccc1. The van der Waals surface area contributed by atoms with Crippen molar-refractivity contribution in [3.8, 4) is 0 Å². The predicted octanol–water partition coefficient (Wildman–Crippen LogP) is 2.80. The van der Waals surface area contributed by atoms with Gasteiger partial charge in [0.2, 0.25) is 0 Å². The molecule has 0 aromatic heterocycles. The first kappa shape index (κ1) is 16.2. The van der Waals surface area contributed by atoms with E-state index in [0.29, 0.717) is 17.0 Å². The van der Waals surface area contributed by atoms with Gasteiger partial charge in [-0.05, 0) is 11.1 Å². The number of carboxylic acid groups (broad SMARTS) is 1. The Kier molecular flexibility index (Phi) is 5.31. The van der Waals surface area contributed by atoms with Crippen LogP contribution in [0.2, 0.25) is 0 Å². The number of aliphatic carboxylic acids is 1. The molecule has 0 aliphatic carbocycles. The number of Topliss-reactive ketones (excluding diaryl/α,β-unsaturated/α-hetero) is 1. The fourth-order valence-corrected chi connectivity index (χ4v) is 2.44. The Morgan fingerprint density at radius 1 is 1.05 bits per heavy atom. The number of rotatable bonds is 6. The number of carbonyl (C=O) groups is 2. The van der Waals surface area contributed by atoms with Crippen LogP contribution in [0.3, 0.4) is 0 Å². The number of hydrogen-bond acceptors (Lipinski definition) is 3. The lowest BCUT2D eigenvalue weighted by molar-refractivity contribution is -0.138. The molecule has 0 radical (unpaired) electrons. The number of alkyl halides is 1. The van der Waals surface area contributed by atoms with E-state index in [1.54, 1.807) is 54.6 Å². The number of carbonyl (C=O) groups excluding carboxylic acids is 1. The zero-order valence-corrected chi connectivity index (χ0v) is 12.5. The largest absolute Gasteiger partial charge is 0.480 e. The van der Waals surface area contributed by atoms with Crippen LogP contribution in [-0.4, -0.2) is 22.9 Å². The highest BCUT2D eigenvalue weighted by Crippen LogP contribution is 2.24. The average molecular weight is 318 g/mol.